The summed E-state index contributed by atoms with van der Waals surface area (Å²) in [5.74, 6) is -4.04. The van der Waals surface area contributed by atoms with Gasteiger partial charge in [-0.3, -0.25) is 14.4 Å². The summed E-state index contributed by atoms with van der Waals surface area (Å²) in [7, 11) is 0. The molecule has 1 aliphatic carbocycles. The Labute approximate surface area is 118 Å². The van der Waals surface area contributed by atoms with E-state index in [1.807, 2.05) is 0 Å². The molecule has 0 aromatic rings. The van der Waals surface area contributed by atoms with E-state index in [0.717, 1.165) is 6.42 Å². The van der Waals surface area contributed by atoms with Crippen molar-refractivity contribution < 1.29 is 29.3 Å². The van der Waals surface area contributed by atoms with Crippen LogP contribution in [0.1, 0.15) is 46.0 Å². The van der Waals surface area contributed by atoms with Crippen LogP contribution in [-0.4, -0.2) is 34.2 Å². The van der Waals surface area contributed by atoms with Gasteiger partial charge in [0.1, 0.15) is 0 Å². The molecule has 1 fully saturated rings. The highest BCUT2D eigenvalue weighted by Gasteiger charge is 2.37. The molecule has 1 unspecified atom stereocenters. The number of hydrogen-bond donors (Lipinski definition) is 2. The van der Waals surface area contributed by atoms with Gasteiger partial charge in [-0.05, 0) is 39.0 Å². The number of rotatable bonds is 6. The summed E-state index contributed by atoms with van der Waals surface area (Å²) in [6, 6.07) is 0. The van der Waals surface area contributed by atoms with E-state index >= 15 is 0 Å². The smallest absolute Gasteiger partial charge is 0.309 e. The molecule has 1 rings (SSSR count). The number of aliphatic carboxylic acids is 2. The molecule has 0 bridgehead atoms. The zero-order valence-corrected chi connectivity index (χ0v) is 11.9. The Morgan fingerprint density at radius 2 is 1.85 bits per heavy atom. The van der Waals surface area contributed by atoms with Crippen LogP contribution in [0.2, 0.25) is 0 Å². The molecule has 6 heteroatoms. The highest BCUT2D eigenvalue weighted by atomic mass is 16.5. The zero-order valence-electron chi connectivity index (χ0n) is 11.9. The molecule has 0 aliphatic heterocycles. The Morgan fingerprint density at radius 1 is 1.20 bits per heavy atom. The van der Waals surface area contributed by atoms with Crippen LogP contribution in [0, 0.1) is 17.8 Å². The highest BCUT2D eigenvalue weighted by Crippen LogP contribution is 2.36. The Bertz CT molecular complexity index is 376. The normalized spacial score (nSPS) is 24.1. The van der Waals surface area contributed by atoms with E-state index in [1.54, 1.807) is 13.8 Å². The SMILES string of the molecule is CC(C)OC(=O)[C@H]1CCC[C@@H](C(CC(=O)O)C(=O)O)C1. The van der Waals surface area contributed by atoms with Gasteiger partial charge in [-0.15, -0.1) is 0 Å². The number of carboxylic acid groups (broad SMARTS) is 2. The quantitative estimate of drug-likeness (QED) is 0.723. The lowest BCUT2D eigenvalue weighted by Crippen LogP contribution is -2.33. The van der Waals surface area contributed by atoms with Crippen LogP contribution >= 0.6 is 0 Å². The number of esters is 1. The average molecular weight is 286 g/mol. The summed E-state index contributed by atoms with van der Waals surface area (Å²) in [5, 5.41) is 18.0. The van der Waals surface area contributed by atoms with Crippen LogP contribution in [0.3, 0.4) is 0 Å². The van der Waals surface area contributed by atoms with Gasteiger partial charge in [0.15, 0.2) is 0 Å². The zero-order chi connectivity index (χ0) is 15.3. The monoisotopic (exact) mass is 286 g/mol. The van der Waals surface area contributed by atoms with Crippen molar-refractivity contribution in [1.29, 1.82) is 0 Å². The summed E-state index contributed by atoms with van der Waals surface area (Å²) in [6.45, 7) is 3.53. The van der Waals surface area contributed by atoms with E-state index in [-0.39, 0.29) is 23.9 Å². The van der Waals surface area contributed by atoms with Crippen molar-refractivity contribution in [2.45, 2.75) is 52.1 Å². The Kier molecular flexibility index (Phi) is 5.98. The van der Waals surface area contributed by atoms with Crippen molar-refractivity contribution in [3.8, 4) is 0 Å². The second-order valence-corrected chi connectivity index (χ2v) is 5.65. The van der Waals surface area contributed by atoms with Gasteiger partial charge in [0, 0.05) is 0 Å². The molecule has 0 saturated heterocycles. The first-order valence-corrected chi connectivity index (χ1v) is 6.96. The third-order valence-electron chi connectivity index (χ3n) is 3.68. The molecule has 0 radical (unpaired) electrons. The van der Waals surface area contributed by atoms with E-state index in [4.69, 9.17) is 14.9 Å². The molecule has 1 aliphatic rings. The lowest BCUT2D eigenvalue weighted by Gasteiger charge is -2.31. The number of ether oxygens (including phenoxy) is 1. The van der Waals surface area contributed by atoms with Gasteiger partial charge in [-0.1, -0.05) is 6.42 Å². The molecule has 6 nitrogen and oxygen atoms in total. The summed E-state index contributed by atoms with van der Waals surface area (Å²) >= 11 is 0. The van der Waals surface area contributed by atoms with Crippen LogP contribution in [0.15, 0.2) is 0 Å². The van der Waals surface area contributed by atoms with E-state index < -0.39 is 24.3 Å². The van der Waals surface area contributed by atoms with E-state index in [9.17, 15) is 14.4 Å². The maximum atomic E-state index is 11.9. The molecule has 0 aromatic carbocycles. The molecule has 3 atom stereocenters. The minimum absolute atomic E-state index is 0.197. The first-order chi connectivity index (χ1) is 9.31. The van der Waals surface area contributed by atoms with Crippen LogP contribution in [0.5, 0.6) is 0 Å². The first kappa shape index (κ1) is 16.5. The standard InChI is InChI=1S/C14H22O6/c1-8(2)20-14(19)10-5-3-4-9(6-10)11(13(17)18)7-12(15)16/h8-11H,3-7H2,1-2H3,(H,15,16)(H,17,18)/t9-,10+,11?/m1/s1. The summed E-state index contributed by atoms with van der Waals surface area (Å²) in [4.78, 5) is 33.9. The second-order valence-electron chi connectivity index (χ2n) is 5.65. The molecule has 0 heterocycles. The lowest BCUT2D eigenvalue weighted by molar-refractivity contribution is -0.157. The lowest BCUT2D eigenvalue weighted by atomic mass is 9.74. The number of carbonyl (C=O) groups is 3. The summed E-state index contributed by atoms with van der Waals surface area (Å²) < 4.78 is 5.16. The highest BCUT2D eigenvalue weighted by molar-refractivity contribution is 5.78. The van der Waals surface area contributed by atoms with E-state index in [0.29, 0.717) is 19.3 Å². The van der Waals surface area contributed by atoms with Crippen molar-refractivity contribution in [3.63, 3.8) is 0 Å². The first-order valence-electron chi connectivity index (χ1n) is 6.96. The largest absolute Gasteiger partial charge is 0.481 e. The molecule has 1 saturated carbocycles. The predicted molar refractivity (Wildman–Crippen MR) is 70.1 cm³/mol. The molecular formula is C14H22O6. The van der Waals surface area contributed by atoms with Crippen molar-refractivity contribution in [2.24, 2.45) is 17.8 Å². The second kappa shape index (κ2) is 7.26. The minimum Gasteiger partial charge on any atom is -0.481 e. The van der Waals surface area contributed by atoms with Crippen molar-refractivity contribution >= 4 is 17.9 Å². The molecule has 0 amide bonds. The fourth-order valence-corrected chi connectivity index (χ4v) is 2.78. The van der Waals surface area contributed by atoms with Crippen molar-refractivity contribution in [1.82, 2.24) is 0 Å². The number of hydrogen-bond acceptors (Lipinski definition) is 4. The van der Waals surface area contributed by atoms with Crippen LogP contribution in [0.4, 0.5) is 0 Å². The minimum atomic E-state index is -1.12. The third kappa shape index (κ3) is 4.83. The fraction of sp³-hybridized carbons (Fsp3) is 0.786. The van der Waals surface area contributed by atoms with Gasteiger partial charge in [-0.25, -0.2) is 0 Å². The van der Waals surface area contributed by atoms with Gasteiger partial charge in [0.2, 0.25) is 0 Å². The molecule has 114 valence electrons. The van der Waals surface area contributed by atoms with Crippen molar-refractivity contribution in [2.75, 3.05) is 0 Å². The summed E-state index contributed by atoms with van der Waals surface area (Å²) in [5.41, 5.74) is 0. The van der Waals surface area contributed by atoms with Crippen LogP contribution < -0.4 is 0 Å². The van der Waals surface area contributed by atoms with Gasteiger partial charge in [-0.2, -0.15) is 0 Å². The average Bonchev–Trinajstić information content (AvgIpc) is 2.34. The molecule has 2 N–H and O–H groups in total. The van der Waals surface area contributed by atoms with E-state index in [1.165, 1.54) is 0 Å². The number of carbonyl (C=O) groups excluding carboxylic acids is 1. The molecule has 20 heavy (non-hydrogen) atoms. The summed E-state index contributed by atoms with van der Waals surface area (Å²) in [6.07, 6.45) is 1.86. The molecule has 0 aromatic heterocycles. The van der Waals surface area contributed by atoms with Gasteiger partial charge < -0.3 is 14.9 Å². The predicted octanol–water partition coefficient (Wildman–Crippen LogP) is 1.92. The topological polar surface area (TPSA) is 101 Å². The molecule has 0 spiro atoms. The molecular weight excluding hydrogens is 264 g/mol. The van der Waals surface area contributed by atoms with E-state index in [2.05, 4.69) is 0 Å². The third-order valence-corrected chi connectivity index (χ3v) is 3.68. The number of carboxylic acids is 2. The Hall–Kier alpha value is -1.59. The fourth-order valence-electron chi connectivity index (χ4n) is 2.78. The van der Waals surface area contributed by atoms with Crippen LogP contribution in [0.25, 0.3) is 0 Å². The van der Waals surface area contributed by atoms with Crippen LogP contribution in [-0.2, 0) is 19.1 Å². The van der Waals surface area contributed by atoms with Crippen molar-refractivity contribution in [3.05, 3.63) is 0 Å². The Balaban J connectivity index is 2.68. The van der Waals surface area contributed by atoms with Gasteiger partial charge >= 0.3 is 17.9 Å². The van der Waals surface area contributed by atoms with Gasteiger partial charge in [0.05, 0.1) is 24.4 Å². The Morgan fingerprint density at radius 3 is 2.35 bits per heavy atom. The van der Waals surface area contributed by atoms with Gasteiger partial charge in [0.25, 0.3) is 0 Å². The maximum absolute atomic E-state index is 11.9. The maximum Gasteiger partial charge on any atom is 0.309 e.